The fraction of sp³-hybridized carbons (Fsp3) is 0.143. The molecule has 86 valence electrons. The molecule has 9 heteroatoms. The second kappa shape index (κ2) is 4.13. The second-order valence-electron chi connectivity index (χ2n) is 2.60. The molecule has 0 aromatic carbocycles. The summed E-state index contributed by atoms with van der Waals surface area (Å²) in [5, 5.41) is 18.9. The van der Waals surface area contributed by atoms with Crippen molar-refractivity contribution in [2.45, 2.75) is 6.43 Å². The maximum Gasteiger partial charge on any atom is 0.381 e. The maximum atomic E-state index is 12.6. The molecule has 1 rings (SSSR count). The molecule has 0 aliphatic carbocycles. The molecule has 6 nitrogen and oxygen atoms in total. The first kappa shape index (κ1) is 11.9. The molecule has 0 fully saturated rings. The summed E-state index contributed by atoms with van der Waals surface area (Å²) in [5.41, 5.74) is -2.58. The zero-order valence-electron chi connectivity index (χ0n) is 7.35. The van der Waals surface area contributed by atoms with Gasteiger partial charge in [0, 0.05) is 11.6 Å². The van der Waals surface area contributed by atoms with Crippen LogP contribution in [0.3, 0.4) is 0 Å². The summed E-state index contributed by atoms with van der Waals surface area (Å²) in [7, 11) is 0. The number of carboxylic acids is 1. The van der Waals surface area contributed by atoms with Crippen molar-refractivity contribution in [3.8, 4) is 0 Å². The van der Waals surface area contributed by atoms with Gasteiger partial charge in [0.25, 0.3) is 6.43 Å². The van der Waals surface area contributed by atoms with Crippen LogP contribution >= 0.6 is 0 Å². The highest BCUT2D eigenvalue weighted by Gasteiger charge is 2.31. The van der Waals surface area contributed by atoms with E-state index >= 15 is 0 Å². The van der Waals surface area contributed by atoms with Crippen molar-refractivity contribution in [3.05, 3.63) is 33.3 Å². The molecule has 1 aromatic heterocycles. The first-order valence-corrected chi connectivity index (χ1v) is 3.71. The van der Waals surface area contributed by atoms with Crippen LogP contribution in [-0.2, 0) is 0 Å². The van der Waals surface area contributed by atoms with E-state index in [0.29, 0.717) is 0 Å². The van der Waals surface area contributed by atoms with E-state index in [1.165, 1.54) is 0 Å². The van der Waals surface area contributed by atoms with Crippen LogP contribution in [0, 0.1) is 16.1 Å². The Labute approximate surface area is 85.5 Å². The van der Waals surface area contributed by atoms with Gasteiger partial charge >= 0.3 is 17.7 Å². The minimum Gasteiger partial charge on any atom is -0.477 e. The number of alkyl halides is 2. The first-order valence-electron chi connectivity index (χ1n) is 3.71. The van der Waals surface area contributed by atoms with Crippen molar-refractivity contribution < 1.29 is 28.0 Å². The van der Waals surface area contributed by atoms with Crippen LogP contribution in [0.5, 0.6) is 0 Å². The third-order valence-electron chi connectivity index (χ3n) is 1.62. The molecule has 16 heavy (non-hydrogen) atoms. The van der Waals surface area contributed by atoms with E-state index in [4.69, 9.17) is 5.11 Å². The summed E-state index contributed by atoms with van der Waals surface area (Å²) in [6.07, 6.45) is -3.35. The number of nitro groups is 1. The molecular weight excluding hydrogens is 233 g/mol. The molecule has 1 aromatic rings. The SMILES string of the molecule is O=C(O)c1c(C(F)F)cc(F)nc1[N+](=O)[O-]. The lowest BCUT2D eigenvalue weighted by molar-refractivity contribution is -0.390. The van der Waals surface area contributed by atoms with Gasteiger partial charge in [-0.25, -0.2) is 13.6 Å². The van der Waals surface area contributed by atoms with Gasteiger partial charge in [-0.05, 0) is 9.91 Å². The standard InChI is InChI=1S/C7H3F3N2O4/c8-3-1-2(5(9)10)4(7(13)14)6(11-3)12(15)16/h1,5H,(H,13,14). The Morgan fingerprint density at radius 3 is 2.50 bits per heavy atom. The van der Waals surface area contributed by atoms with E-state index in [-0.39, 0.29) is 6.07 Å². The fourth-order valence-corrected chi connectivity index (χ4v) is 1.04. The quantitative estimate of drug-likeness (QED) is 0.490. The Bertz CT molecular complexity index is 463. The summed E-state index contributed by atoms with van der Waals surface area (Å²) in [5.74, 6) is -4.94. The lowest BCUT2D eigenvalue weighted by Crippen LogP contribution is -2.10. The molecule has 0 unspecified atom stereocenters. The molecule has 0 spiro atoms. The molecule has 1 N–H and O–H groups in total. The number of hydrogen-bond acceptors (Lipinski definition) is 4. The molecule has 0 atom stereocenters. The Morgan fingerprint density at radius 1 is 1.56 bits per heavy atom. The molecule has 0 radical (unpaired) electrons. The number of halogens is 3. The fourth-order valence-electron chi connectivity index (χ4n) is 1.04. The highest BCUT2D eigenvalue weighted by atomic mass is 19.3. The highest BCUT2D eigenvalue weighted by Crippen LogP contribution is 2.28. The lowest BCUT2D eigenvalue weighted by Gasteiger charge is -2.04. The second-order valence-corrected chi connectivity index (χ2v) is 2.60. The van der Waals surface area contributed by atoms with Crippen molar-refractivity contribution in [3.63, 3.8) is 0 Å². The zero-order valence-corrected chi connectivity index (χ0v) is 7.35. The molecule has 0 amide bonds. The van der Waals surface area contributed by atoms with Crippen molar-refractivity contribution >= 4 is 11.8 Å². The van der Waals surface area contributed by atoms with E-state index in [0.717, 1.165) is 0 Å². The number of carboxylic acid groups (broad SMARTS) is 1. The largest absolute Gasteiger partial charge is 0.477 e. The molecule has 1 heterocycles. The van der Waals surface area contributed by atoms with Crippen LogP contribution in [0.25, 0.3) is 0 Å². The Hall–Kier alpha value is -2.19. The van der Waals surface area contributed by atoms with E-state index in [1.807, 2.05) is 0 Å². The molecule has 0 aliphatic heterocycles. The van der Waals surface area contributed by atoms with Crippen LogP contribution in [0.4, 0.5) is 19.0 Å². The van der Waals surface area contributed by atoms with Crippen molar-refractivity contribution in [2.75, 3.05) is 0 Å². The lowest BCUT2D eigenvalue weighted by atomic mass is 10.1. The number of pyridine rings is 1. The monoisotopic (exact) mass is 236 g/mol. The zero-order chi connectivity index (χ0) is 12.5. The molecular formula is C7H3F3N2O4. The van der Waals surface area contributed by atoms with Crippen LogP contribution < -0.4 is 0 Å². The van der Waals surface area contributed by atoms with Crippen LogP contribution in [0.15, 0.2) is 6.07 Å². The third-order valence-corrected chi connectivity index (χ3v) is 1.62. The maximum absolute atomic E-state index is 12.6. The number of carbonyl (C=O) groups is 1. The van der Waals surface area contributed by atoms with E-state index in [1.54, 1.807) is 0 Å². The summed E-state index contributed by atoms with van der Waals surface area (Å²) in [6, 6.07) is 0.154. The Morgan fingerprint density at radius 2 is 2.12 bits per heavy atom. The topological polar surface area (TPSA) is 93.3 Å². The minimum absolute atomic E-state index is 0.154. The molecule has 0 bridgehead atoms. The van der Waals surface area contributed by atoms with Gasteiger partial charge in [0.1, 0.15) is 0 Å². The minimum atomic E-state index is -3.35. The normalized spacial score (nSPS) is 10.5. The van der Waals surface area contributed by atoms with Gasteiger partial charge in [-0.1, -0.05) is 0 Å². The van der Waals surface area contributed by atoms with Crippen molar-refractivity contribution in [1.82, 2.24) is 4.98 Å². The number of rotatable bonds is 3. The van der Waals surface area contributed by atoms with E-state index in [2.05, 4.69) is 4.98 Å². The Kier molecular flexibility index (Phi) is 3.06. The van der Waals surface area contributed by atoms with Crippen molar-refractivity contribution in [2.24, 2.45) is 0 Å². The van der Waals surface area contributed by atoms with Gasteiger partial charge in [0.15, 0.2) is 5.56 Å². The molecule has 0 saturated heterocycles. The highest BCUT2D eigenvalue weighted by molar-refractivity contribution is 5.93. The van der Waals surface area contributed by atoms with E-state index < -0.39 is 40.2 Å². The first-order chi connectivity index (χ1) is 7.34. The predicted molar refractivity (Wildman–Crippen MR) is 42.8 cm³/mol. The molecule has 0 saturated carbocycles. The number of nitrogens with zero attached hydrogens (tertiary/aromatic N) is 2. The van der Waals surface area contributed by atoms with Crippen LogP contribution in [-0.4, -0.2) is 21.0 Å². The van der Waals surface area contributed by atoms with Gasteiger partial charge in [0.2, 0.25) is 0 Å². The molecule has 0 aliphatic rings. The third kappa shape index (κ3) is 2.07. The average molecular weight is 236 g/mol. The van der Waals surface area contributed by atoms with Gasteiger partial charge < -0.3 is 15.2 Å². The number of aromatic nitrogens is 1. The van der Waals surface area contributed by atoms with E-state index in [9.17, 15) is 28.1 Å². The summed E-state index contributed by atoms with van der Waals surface area (Å²) < 4.78 is 37.3. The van der Waals surface area contributed by atoms with Gasteiger partial charge in [-0.3, -0.25) is 0 Å². The van der Waals surface area contributed by atoms with Gasteiger partial charge in [-0.15, -0.1) is 0 Å². The predicted octanol–water partition coefficient (Wildman–Crippen LogP) is 1.76. The van der Waals surface area contributed by atoms with Crippen molar-refractivity contribution in [1.29, 1.82) is 0 Å². The summed E-state index contributed by atoms with van der Waals surface area (Å²) in [6.45, 7) is 0. The number of hydrogen-bond donors (Lipinski definition) is 1. The van der Waals surface area contributed by atoms with Gasteiger partial charge in [-0.2, -0.15) is 4.39 Å². The Balaban J connectivity index is 3.60. The smallest absolute Gasteiger partial charge is 0.381 e. The van der Waals surface area contributed by atoms with Crippen LogP contribution in [0.2, 0.25) is 0 Å². The van der Waals surface area contributed by atoms with Gasteiger partial charge in [0.05, 0.1) is 0 Å². The average Bonchev–Trinajstić information content (AvgIpc) is 2.15. The summed E-state index contributed by atoms with van der Waals surface area (Å²) in [4.78, 5) is 22.2. The number of aromatic carboxylic acids is 1. The summed E-state index contributed by atoms with van der Waals surface area (Å²) >= 11 is 0. The van der Waals surface area contributed by atoms with Crippen LogP contribution in [0.1, 0.15) is 22.3 Å².